The lowest BCUT2D eigenvalue weighted by Gasteiger charge is -2.36. The summed E-state index contributed by atoms with van der Waals surface area (Å²) in [5.74, 6) is -0.474. The first kappa shape index (κ1) is 27.2. The molecule has 0 atom stereocenters. The Morgan fingerprint density at radius 1 is 0.917 bits per heavy atom. The maximum absolute atomic E-state index is 13.2. The summed E-state index contributed by atoms with van der Waals surface area (Å²) in [4.78, 5) is 43.4. The molecule has 194 valence electrons. The first-order valence-electron chi connectivity index (χ1n) is 12.6. The molecule has 0 aromatic heterocycles. The fraction of sp³-hybridized carbons (Fsp3) is 0.464. The normalized spacial score (nSPS) is 13.8. The molecule has 0 radical (unpaired) electrons. The predicted molar refractivity (Wildman–Crippen MR) is 140 cm³/mol. The molecule has 3 rings (SSSR count). The van der Waals surface area contributed by atoms with Crippen LogP contribution in [0.2, 0.25) is 0 Å². The van der Waals surface area contributed by atoms with E-state index in [-0.39, 0.29) is 42.5 Å². The molecule has 1 heterocycles. The number of nitrogens with zero attached hydrogens (tertiary/aromatic N) is 3. The molecular weight excluding hydrogens is 459 g/mol. The molecule has 2 aromatic rings. The zero-order valence-corrected chi connectivity index (χ0v) is 21.7. The van der Waals surface area contributed by atoms with Crippen LogP contribution in [0.15, 0.2) is 48.5 Å². The van der Waals surface area contributed by atoms with Gasteiger partial charge in [-0.1, -0.05) is 39.8 Å². The first-order chi connectivity index (χ1) is 17.1. The number of amides is 3. The lowest BCUT2D eigenvalue weighted by Crippen LogP contribution is -2.49. The summed E-state index contributed by atoms with van der Waals surface area (Å²) in [6, 6.07) is 13.5. The molecule has 7 nitrogen and oxygen atoms in total. The van der Waals surface area contributed by atoms with E-state index < -0.39 is 0 Å². The van der Waals surface area contributed by atoms with E-state index in [1.165, 1.54) is 17.0 Å². The number of carbonyl (C=O) groups excluding carboxylic acids is 3. The van der Waals surface area contributed by atoms with Gasteiger partial charge in [0.1, 0.15) is 12.4 Å². The Balaban J connectivity index is 1.55. The van der Waals surface area contributed by atoms with E-state index in [1.807, 2.05) is 29.2 Å². The van der Waals surface area contributed by atoms with Crippen LogP contribution in [0.5, 0.6) is 0 Å². The van der Waals surface area contributed by atoms with E-state index in [0.29, 0.717) is 31.1 Å². The Labute approximate surface area is 213 Å². The van der Waals surface area contributed by atoms with Gasteiger partial charge in [-0.2, -0.15) is 0 Å². The van der Waals surface area contributed by atoms with Crippen molar-refractivity contribution >= 4 is 29.1 Å². The third-order valence-corrected chi connectivity index (χ3v) is 6.16. The van der Waals surface area contributed by atoms with Gasteiger partial charge in [0, 0.05) is 56.4 Å². The topological polar surface area (TPSA) is 73.0 Å². The third kappa shape index (κ3) is 7.80. The second kappa shape index (κ2) is 12.5. The maximum Gasteiger partial charge on any atom is 0.244 e. The molecule has 0 spiro atoms. The highest BCUT2D eigenvalue weighted by Crippen LogP contribution is 2.20. The van der Waals surface area contributed by atoms with E-state index in [0.717, 1.165) is 24.3 Å². The average molecular weight is 497 g/mol. The minimum Gasteiger partial charge on any atom is -0.368 e. The molecule has 0 unspecified atom stereocenters. The van der Waals surface area contributed by atoms with Crippen LogP contribution in [0.3, 0.4) is 0 Å². The molecule has 0 aliphatic carbocycles. The van der Waals surface area contributed by atoms with E-state index in [9.17, 15) is 18.8 Å². The number of piperazine rings is 1. The van der Waals surface area contributed by atoms with Crippen molar-refractivity contribution in [3.63, 3.8) is 0 Å². The van der Waals surface area contributed by atoms with Crippen LogP contribution in [0.1, 0.15) is 39.7 Å². The number of halogens is 1. The van der Waals surface area contributed by atoms with E-state index in [2.05, 4.69) is 24.1 Å². The van der Waals surface area contributed by atoms with Gasteiger partial charge in [-0.3, -0.25) is 14.4 Å². The summed E-state index contributed by atoms with van der Waals surface area (Å²) in [5.41, 5.74) is 2.44. The number of nitrogens with one attached hydrogen (secondary N) is 1. The zero-order valence-electron chi connectivity index (χ0n) is 21.7. The molecule has 1 N–H and O–H groups in total. The third-order valence-electron chi connectivity index (χ3n) is 6.16. The number of rotatable bonds is 9. The lowest BCUT2D eigenvalue weighted by molar-refractivity contribution is -0.138. The van der Waals surface area contributed by atoms with Crippen LogP contribution in [0.4, 0.5) is 15.8 Å². The van der Waals surface area contributed by atoms with Crippen molar-refractivity contribution in [3.8, 4) is 0 Å². The zero-order chi connectivity index (χ0) is 26.2. The molecule has 1 saturated heterocycles. The van der Waals surface area contributed by atoms with Crippen LogP contribution >= 0.6 is 0 Å². The van der Waals surface area contributed by atoms with Crippen molar-refractivity contribution in [2.45, 2.75) is 40.7 Å². The minimum atomic E-state index is -0.344. The monoisotopic (exact) mass is 496 g/mol. The van der Waals surface area contributed by atoms with Crippen LogP contribution < -0.4 is 10.2 Å². The fourth-order valence-electron chi connectivity index (χ4n) is 4.21. The molecular formula is C28H37FN4O3. The van der Waals surface area contributed by atoms with E-state index >= 15 is 0 Å². The quantitative estimate of drug-likeness (QED) is 0.566. The second-order valence-electron chi connectivity index (χ2n) is 10.0. The molecule has 1 aliphatic rings. The molecule has 0 saturated carbocycles. The van der Waals surface area contributed by atoms with Crippen molar-refractivity contribution in [1.29, 1.82) is 0 Å². The molecule has 2 aromatic carbocycles. The summed E-state index contributed by atoms with van der Waals surface area (Å²) >= 11 is 0. The van der Waals surface area contributed by atoms with Crippen LogP contribution in [-0.4, -0.2) is 60.2 Å². The van der Waals surface area contributed by atoms with Gasteiger partial charge in [-0.25, -0.2) is 4.39 Å². The first-order valence-corrected chi connectivity index (χ1v) is 12.6. The van der Waals surface area contributed by atoms with E-state index in [4.69, 9.17) is 0 Å². The standard InChI is InChI=1S/C28H37FN4O3/c1-20(2)17-27(35)32-15-13-31(14-16-32)25-11-9-24(10-12-25)30-26(34)19-33(28(36)21(3)4)18-22-5-7-23(29)8-6-22/h5-12,20-21H,13-19H2,1-4H3,(H,30,34). The minimum absolute atomic E-state index is 0.0947. The highest BCUT2D eigenvalue weighted by atomic mass is 19.1. The number of carbonyl (C=O) groups is 3. The average Bonchev–Trinajstić information content (AvgIpc) is 2.84. The summed E-state index contributed by atoms with van der Waals surface area (Å²) in [6.45, 7) is 10.8. The van der Waals surface area contributed by atoms with Crippen molar-refractivity contribution < 1.29 is 18.8 Å². The van der Waals surface area contributed by atoms with Crippen molar-refractivity contribution in [3.05, 3.63) is 59.9 Å². The van der Waals surface area contributed by atoms with Gasteiger partial charge in [0.2, 0.25) is 17.7 Å². The van der Waals surface area contributed by atoms with E-state index in [1.54, 1.807) is 26.0 Å². The molecule has 3 amide bonds. The van der Waals surface area contributed by atoms with Gasteiger partial charge in [0.25, 0.3) is 0 Å². The lowest BCUT2D eigenvalue weighted by atomic mass is 10.1. The number of anilines is 2. The molecule has 36 heavy (non-hydrogen) atoms. The van der Waals surface area contributed by atoms with Crippen LogP contribution in [0, 0.1) is 17.7 Å². The Morgan fingerprint density at radius 2 is 1.53 bits per heavy atom. The van der Waals surface area contributed by atoms with Crippen molar-refractivity contribution in [1.82, 2.24) is 9.80 Å². The van der Waals surface area contributed by atoms with Gasteiger partial charge in [-0.05, 0) is 47.9 Å². The van der Waals surface area contributed by atoms with Crippen molar-refractivity contribution in [2.75, 3.05) is 42.9 Å². The van der Waals surface area contributed by atoms with Gasteiger partial charge < -0.3 is 20.0 Å². The molecule has 1 fully saturated rings. The smallest absolute Gasteiger partial charge is 0.244 e. The Kier molecular flexibility index (Phi) is 9.44. The van der Waals surface area contributed by atoms with Crippen LogP contribution in [0.25, 0.3) is 0 Å². The highest BCUT2D eigenvalue weighted by Gasteiger charge is 2.23. The summed E-state index contributed by atoms with van der Waals surface area (Å²) in [7, 11) is 0. The van der Waals surface area contributed by atoms with Gasteiger partial charge in [0.15, 0.2) is 0 Å². The summed E-state index contributed by atoms with van der Waals surface area (Å²) in [5, 5.41) is 2.87. The Morgan fingerprint density at radius 3 is 2.08 bits per heavy atom. The number of hydrogen-bond donors (Lipinski definition) is 1. The summed E-state index contributed by atoms with van der Waals surface area (Å²) in [6.07, 6.45) is 0.582. The number of benzene rings is 2. The molecule has 0 bridgehead atoms. The highest BCUT2D eigenvalue weighted by molar-refractivity contribution is 5.94. The van der Waals surface area contributed by atoms with Gasteiger partial charge >= 0.3 is 0 Å². The second-order valence-corrected chi connectivity index (χ2v) is 10.0. The SMILES string of the molecule is CC(C)CC(=O)N1CCN(c2ccc(NC(=O)CN(Cc3ccc(F)cc3)C(=O)C(C)C)cc2)CC1. The largest absolute Gasteiger partial charge is 0.368 e. The summed E-state index contributed by atoms with van der Waals surface area (Å²) < 4.78 is 13.2. The van der Waals surface area contributed by atoms with Crippen molar-refractivity contribution in [2.24, 2.45) is 11.8 Å². The Hall–Kier alpha value is -3.42. The number of hydrogen-bond acceptors (Lipinski definition) is 4. The molecule has 1 aliphatic heterocycles. The fourth-order valence-corrected chi connectivity index (χ4v) is 4.21. The Bertz CT molecular complexity index is 1030. The van der Waals surface area contributed by atoms with Crippen LogP contribution in [-0.2, 0) is 20.9 Å². The van der Waals surface area contributed by atoms with Gasteiger partial charge in [0.05, 0.1) is 0 Å². The van der Waals surface area contributed by atoms with Gasteiger partial charge in [-0.15, -0.1) is 0 Å². The molecule has 8 heteroatoms. The predicted octanol–water partition coefficient (Wildman–Crippen LogP) is 4.14. The maximum atomic E-state index is 13.2.